The minimum Gasteiger partial charge on any atom is -0.458 e. The second kappa shape index (κ2) is 7.81. The van der Waals surface area contributed by atoms with Gasteiger partial charge in [0.1, 0.15) is 23.9 Å². The molecule has 30 heavy (non-hydrogen) atoms. The highest BCUT2D eigenvalue weighted by Crippen LogP contribution is 2.53. The monoisotopic (exact) mass is 422 g/mol. The summed E-state index contributed by atoms with van der Waals surface area (Å²) in [7, 11) is 0. The van der Waals surface area contributed by atoms with Gasteiger partial charge in [-0.25, -0.2) is 4.79 Å². The third kappa shape index (κ3) is 3.46. The Balaban J connectivity index is 2.11. The third-order valence-electron chi connectivity index (χ3n) is 6.80. The number of aliphatic hydroxyl groups excluding tert-OH is 1. The lowest BCUT2D eigenvalue weighted by Crippen LogP contribution is -2.57. The molecule has 1 saturated heterocycles. The van der Waals surface area contributed by atoms with E-state index in [0.717, 1.165) is 5.57 Å². The van der Waals surface area contributed by atoms with E-state index in [1.54, 1.807) is 19.9 Å². The SMILES string of the molecule is C=C1C(=O)OC2C1C(O)C(OC(=O)C(C)CC)C(C)(O)C1C(OC(C)=O)C=C(C)C21. The van der Waals surface area contributed by atoms with Crippen LogP contribution in [-0.2, 0) is 28.6 Å². The molecule has 1 aliphatic heterocycles. The fourth-order valence-corrected chi connectivity index (χ4v) is 5.04. The number of rotatable bonds is 4. The van der Waals surface area contributed by atoms with Gasteiger partial charge in [0.25, 0.3) is 0 Å². The van der Waals surface area contributed by atoms with Crippen LogP contribution in [0.15, 0.2) is 23.8 Å². The molecule has 2 fully saturated rings. The maximum atomic E-state index is 12.6. The molecule has 166 valence electrons. The van der Waals surface area contributed by atoms with E-state index >= 15 is 0 Å². The Morgan fingerprint density at radius 3 is 2.53 bits per heavy atom. The summed E-state index contributed by atoms with van der Waals surface area (Å²) in [5.41, 5.74) is -0.957. The zero-order chi connectivity index (χ0) is 22.5. The van der Waals surface area contributed by atoms with Crippen molar-refractivity contribution in [2.45, 2.75) is 71.1 Å². The van der Waals surface area contributed by atoms with Crippen molar-refractivity contribution in [1.82, 2.24) is 0 Å². The van der Waals surface area contributed by atoms with Crippen LogP contribution in [0.1, 0.15) is 41.0 Å². The molecule has 1 heterocycles. The lowest BCUT2D eigenvalue weighted by Gasteiger charge is -2.41. The molecule has 0 aromatic heterocycles. The minimum absolute atomic E-state index is 0.0669. The van der Waals surface area contributed by atoms with Gasteiger partial charge in [0, 0.05) is 24.3 Å². The Morgan fingerprint density at radius 1 is 1.33 bits per heavy atom. The summed E-state index contributed by atoms with van der Waals surface area (Å²) in [6.45, 7) is 11.8. The zero-order valence-corrected chi connectivity index (χ0v) is 18.0. The van der Waals surface area contributed by atoms with E-state index in [9.17, 15) is 24.6 Å². The smallest absolute Gasteiger partial charge is 0.334 e. The third-order valence-corrected chi connectivity index (χ3v) is 6.80. The molecule has 2 N–H and O–H groups in total. The number of fused-ring (bicyclic) bond motifs is 3. The molecule has 0 spiro atoms. The van der Waals surface area contributed by atoms with Crippen molar-refractivity contribution in [2.75, 3.05) is 0 Å². The standard InChI is InChI=1S/C22H30O8/c1-7-9(2)20(25)30-19-17(24)15-11(4)21(26)29-18(15)14-10(3)8-13(28-12(5)23)16(14)22(19,6)27/h8-9,13-19,24,27H,4,7H2,1-3,5-6H3. The second-order valence-corrected chi connectivity index (χ2v) is 8.84. The predicted octanol–water partition coefficient (Wildman–Crippen LogP) is 1.29. The lowest BCUT2D eigenvalue weighted by atomic mass is 9.74. The maximum Gasteiger partial charge on any atom is 0.334 e. The van der Waals surface area contributed by atoms with Gasteiger partial charge in [-0.3, -0.25) is 9.59 Å². The number of hydrogen-bond acceptors (Lipinski definition) is 8. The van der Waals surface area contributed by atoms with Crippen LogP contribution in [0.25, 0.3) is 0 Å². The normalized spacial score (nSPS) is 41.2. The highest BCUT2D eigenvalue weighted by molar-refractivity contribution is 5.91. The molecule has 9 unspecified atom stereocenters. The summed E-state index contributed by atoms with van der Waals surface area (Å²) >= 11 is 0. The van der Waals surface area contributed by atoms with E-state index in [1.165, 1.54) is 13.8 Å². The van der Waals surface area contributed by atoms with E-state index in [-0.39, 0.29) is 5.57 Å². The molecule has 1 saturated carbocycles. The molecule has 9 atom stereocenters. The molecule has 8 nitrogen and oxygen atoms in total. The Morgan fingerprint density at radius 2 is 1.97 bits per heavy atom. The van der Waals surface area contributed by atoms with Crippen LogP contribution in [0, 0.1) is 23.7 Å². The molecule has 0 radical (unpaired) electrons. The largest absolute Gasteiger partial charge is 0.458 e. The molecule has 0 aromatic rings. The van der Waals surface area contributed by atoms with Gasteiger partial charge in [0.15, 0.2) is 6.10 Å². The summed E-state index contributed by atoms with van der Waals surface area (Å²) in [6, 6.07) is 0. The van der Waals surface area contributed by atoms with Crippen LogP contribution in [0.5, 0.6) is 0 Å². The fraction of sp³-hybridized carbons (Fsp3) is 0.682. The van der Waals surface area contributed by atoms with E-state index < -0.39 is 71.6 Å². The van der Waals surface area contributed by atoms with Crippen LogP contribution < -0.4 is 0 Å². The van der Waals surface area contributed by atoms with Crippen molar-refractivity contribution in [3.05, 3.63) is 23.8 Å². The van der Waals surface area contributed by atoms with Crippen LogP contribution in [0.3, 0.4) is 0 Å². The van der Waals surface area contributed by atoms with Crippen LogP contribution in [-0.4, -0.2) is 58.1 Å². The Labute approximate surface area is 175 Å². The Hall–Kier alpha value is -2.19. The average Bonchev–Trinajstić information content (AvgIpc) is 3.11. The first-order valence-electron chi connectivity index (χ1n) is 10.3. The highest BCUT2D eigenvalue weighted by atomic mass is 16.6. The van der Waals surface area contributed by atoms with Gasteiger partial charge in [-0.1, -0.05) is 26.0 Å². The van der Waals surface area contributed by atoms with Gasteiger partial charge in [-0.2, -0.15) is 0 Å². The number of carbonyl (C=O) groups excluding carboxylic acids is 3. The summed E-state index contributed by atoms with van der Waals surface area (Å²) < 4.78 is 16.6. The van der Waals surface area contributed by atoms with Gasteiger partial charge >= 0.3 is 17.9 Å². The quantitative estimate of drug-likeness (QED) is 0.301. The van der Waals surface area contributed by atoms with Crippen molar-refractivity contribution >= 4 is 17.9 Å². The van der Waals surface area contributed by atoms with Crippen molar-refractivity contribution in [1.29, 1.82) is 0 Å². The Kier molecular flexibility index (Phi) is 5.86. The summed E-state index contributed by atoms with van der Waals surface area (Å²) in [4.78, 5) is 36.6. The van der Waals surface area contributed by atoms with E-state index in [4.69, 9.17) is 14.2 Å². The van der Waals surface area contributed by atoms with Gasteiger partial charge in [0.05, 0.1) is 11.8 Å². The number of hydrogen-bond donors (Lipinski definition) is 2. The van der Waals surface area contributed by atoms with Gasteiger partial charge in [-0.05, 0) is 26.3 Å². The maximum absolute atomic E-state index is 12.6. The van der Waals surface area contributed by atoms with Gasteiger partial charge in [0.2, 0.25) is 0 Å². The van der Waals surface area contributed by atoms with Gasteiger partial charge in [-0.15, -0.1) is 0 Å². The van der Waals surface area contributed by atoms with E-state index in [2.05, 4.69) is 6.58 Å². The number of carbonyl (C=O) groups is 3. The highest BCUT2D eigenvalue weighted by Gasteiger charge is 2.65. The molecule has 2 aliphatic carbocycles. The lowest BCUT2D eigenvalue weighted by molar-refractivity contribution is -0.200. The topological polar surface area (TPSA) is 119 Å². The molecule has 8 heteroatoms. The summed E-state index contributed by atoms with van der Waals surface area (Å²) in [5, 5.41) is 22.8. The van der Waals surface area contributed by atoms with Crippen molar-refractivity contribution in [3.8, 4) is 0 Å². The first-order chi connectivity index (χ1) is 13.9. The molecule has 3 rings (SSSR count). The van der Waals surface area contributed by atoms with Crippen LogP contribution in [0.2, 0.25) is 0 Å². The molecular weight excluding hydrogens is 392 g/mol. The summed E-state index contributed by atoms with van der Waals surface area (Å²) in [5.74, 6) is -4.39. The predicted molar refractivity (Wildman–Crippen MR) is 105 cm³/mol. The van der Waals surface area contributed by atoms with Crippen LogP contribution >= 0.6 is 0 Å². The fourth-order valence-electron chi connectivity index (χ4n) is 5.04. The van der Waals surface area contributed by atoms with E-state index in [0.29, 0.717) is 6.42 Å². The average molecular weight is 422 g/mol. The van der Waals surface area contributed by atoms with Crippen molar-refractivity contribution < 1.29 is 38.8 Å². The Bertz CT molecular complexity index is 797. The minimum atomic E-state index is -1.78. The van der Waals surface area contributed by atoms with E-state index in [1.807, 2.05) is 6.92 Å². The van der Waals surface area contributed by atoms with Crippen molar-refractivity contribution in [2.24, 2.45) is 23.7 Å². The summed E-state index contributed by atoms with van der Waals surface area (Å²) in [6.07, 6.45) is -2.21. The number of ether oxygens (including phenoxy) is 3. The molecule has 0 amide bonds. The first-order valence-corrected chi connectivity index (χ1v) is 10.3. The number of aliphatic hydroxyl groups is 2. The molecule has 0 bridgehead atoms. The van der Waals surface area contributed by atoms with Crippen LogP contribution in [0.4, 0.5) is 0 Å². The molecule has 3 aliphatic rings. The molecule has 0 aromatic carbocycles. The van der Waals surface area contributed by atoms with Gasteiger partial charge < -0.3 is 24.4 Å². The number of esters is 3. The molecular formula is C22H30O8. The first kappa shape index (κ1) is 22.5. The zero-order valence-electron chi connectivity index (χ0n) is 18.0. The second-order valence-electron chi connectivity index (χ2n) is 8.84. The van der Waals surface area contributed by atoms with Crippen molar-refractivity contribution in [3.63, 3.8) is 0 Å².